The van der Waals surface area contributed by atoms with Crippen LogP contribution in [0.3, 0.4) is 0 Å². The molecule has 0 aromatic heterocycles. The highest BCUT2D eigenvalue weighted by Crippen LogP contribution is 2.28. The lowest BCUT2D eigenvalue weighted by atomic mass is 10.1. The van der Waals surface area contributed by atoms with Crippen molar-refractivity contribution < 1.29 is 23.7 Å². The van der Waals surface area contributed by atoms with E-state index < -0.39 is 0 Å². The average molecular weight is 445 g/mol. The van der Waals surface area contributed by atoms with Crippen molar-refractivity contribution >= 4 is 5.91 Å². The molecule has 0 saturated carbocycles. The Morgan fingerprint density at radius 2 is 1.22 bits per heavy atom. The summed E-state index contributed by atoms with van der Waals surface area (Å²) in [5.41, 5.74) is 2.30. The standard InChI is InChI=1S/C25H36N2O5/c1-29-21-10-8-19(17-23(21)31-3)12-15-26-14-6-5-7-25(28)27-16-13-20-9-11-22(30-2)24(18-20)32-4/h8-11,17-18,26H,5-7,12-16H2,1-4H3,(H,27,28). The van der Waals surface area contributed by atoms with Gasteiger partial charge in [-0.25, -0.2) is 0 Å². The molecule has 7 nitrogen and oxygen atoms in total. The summed E-state index contributed by atoms with van der Waals surface area (Å²) in [5, 5.41) is 6.42. The molecule has 32 heavy (non-hydrogen) atoms. The van der Waals surface area contributed by atoms with Gasteiger partial charge in [-0.1, -0.05) is 12.1 Å². The number of nitrogens with one attached hydrogen (secondary N) is 2. The van der Waals surface area contributed by atoms with Crippen LogP contribution in [0.15, 0.2) is 36.4 Å². The van der Waals surface area contributed by atoms with Crippen molar-refractivity contribution in [1.82, 2.24) is 10.6 Å². The molecule has 2 rings (SSSR count). The molecule has 0 radical (unpaired) electrons. The van der Waals surface area contributed by atoms with Gasteiger partial charge in [0.1, 0.15) is 0 Å². The molecule has 0 fully saturated rings. The van der Waals surface area contributed by atoms with Crippen molar-refractivity contribution in [3.05, 3.63) is 47.5 Å². The number of benzene rings is 2. The van der Waals surface area contributed by atoms with Crippen LogP contribution in [-0.2, 0) is 17.6 Å². The third-order valence-electron chi connectivity index (χ3n) is 5.23. The molecule has 0 unspecified atom stereocenters. The van der Waals surface area contributed by atoms with Crippen LogP contribution in [0.5, 0.6) is 23.0 Å². The maximum absolute atomic E-state index is 12.0. The topological polar surface area (TPSA) is 78.1 Å². The molecule has 0 bridgehead atoms. The summed E-state index contributed by atoms with van der Waals surface area (Å²) in [7, 11) is 6.52. The third kappa shape index (κ3) is 8.30. The summed E-state index contributed by atoms with van der Waals surface area (Å²) >= 11 is 0. The quantitative estimate of drug-likeness (QED) is 0.410. The summed E-state index contributed by atoms with van der Waals surface area (Å²) < 4.78 is 21.2. The minimum atomic E-state index is 0.0933. The zero-order valence-electron chi connectivity index (χ0n) is 19.7. The Labute approximate surface area is 191 Å². The number of hydrogen-bond acceptors (Lipinski definition) is 6. The van der Waals surface area contributed by atoms with E-state index in [0.717, 1.165) is 55.8 Å². The van der Waals surface area contributed by atoms with Gasteiger partial charge >= 0.3 is 0 Å². The normalized spacial score (nSPS) is 10.5. The summed E-state index contributed by atoms with van der Waals surface area (Å²) in [6.45, 7) is 2.39. The van der Waals surface area contributed by atoms with Crippen LogP contribution in [-0.4, -0.2) is 54.0 Å². The van der Waals surface area contributed by atoms with Crippen LogP contribution in [0.2, 0.25) is 0 Å². The van der Waals surface area contributed by atoms with Gasteiger partial charge in [-0.15, -0.1) is 0 Å². The molecule has 1 amide bonds. The van der Waals surface area contributed by atoms with Gasteiger partial charge in [0.2, 0.25) is 5.91 Å². The lowest BCUT2D eigenvalue weighted by Crippen LogP contribution is -2.25. The molecule has 7 heteroatoms. The van der Waals surface area contributed by atoms with Crippen molar-refractivity contribution in [2.75, 3.05) is 48.1 Å². The molecule has 0 aliphatic rings. The highest BCUT2D eigenvalue weighted by atomic mass is 16.5. The fourth-order valence-electron chi connectivity index (χ4n) is 3.40. The van der Waals surface area contributed by atoms with E-state index in [0.29, 0.717) is 24.5 Å². The van der Waals surface area contributed by atoms with Crippen LogP contribution < -0.4 is 29.6 Å². The molecule has 0 aliphatic heterocycles. The maximum atomic E-state index is 12.0. The molecular formula is C25H36N2O5. The van der Waals surface area contributed by atoms with Crippen molar-refractivity contribution in [2.24, 2.45) is 0 Å². The number of hydrogen-bond donors (Lipinski definition) is 2. The van der Waals surface area contributed by atoms with Crippen LogP contribution in [0, 0.1) is 0 Å². The van der Waals surface area contributed by atoms with E-state index in [-0.39, 0.29) is 5.91 Å². The lowest BCUT2D eigenvalue weighted by molar-refractivity contribution is -0.121. The Kier molecular flexibility index (Phi) is 11.2. The molecule has 0 spiro atoms. The summed E-state index contributed by atoms with van der Waals surface area (Å²) in [5.74, 6) is 3.00. The second-order valence-electron chi connectivity index (χ2n) is 7.44. The number of ether oxygens (including phenoxy) is 4. The Morgan fingerprint density at radius 1 is 0.688 bits per heavy atom. The fourth-order valence-corrected chi connectivity index (χ4v) is 3.40. The zero-order chi connectivity index (χ0) is 23.2. The minimum Gasteiger partial charge on any atom is -0.493 e. The van der Waals surface area contributed by atoms with Crippen LogP contribution >= 0.6 is 0 Å². The summed E-state index contributed by atoms with van der Waals surface area (Å²) in [6.07, 6.45) is 4.05. The van der Waals surface area contributed by atoms with E-state index in [4.69, 9.17) is 18.9 Å². The number of rotatable bonds is 15. The first-order chi connectivity index (χ1) is 15.6. The summed E-state index contributed by atoms with van der Waals surface area (Å²) in [4.78, 5) is 12.0. The highest BCUT2D eigenvalue weighted by molar-refractivity contribution is 5.75. The van der Waals surface area contributed by atoms with E-state index in [1.807, 2.05) is 30.3 Å². The Balaban J connectivity index is 1.54. The van der Waals surface area contributed by atoms with Crippen LogP contribution in [0.4, 0.5) is 0 Å². The molecule has 2 aromatic rings. The van der Waals surface area contributed by atoms with Gasteiger partial charge < -0.3 is 29.6 Å². The Hall–Kier alpha value is -2.93. The maximum Gasteiger partial charge on any atom is 0.220 e. The SMILES string of the molecule is COc1ccc(CCNCCCCC(=O)NCCc2ccc(OC)c(OC)c2)cc1OC. The monoisotopic (exact) mass is 444 g/mol. The van der Waals surface area contributed by atoms with Gasteiger partial charge in [-0.05, 0) is 74.2 Å². The molecule has 176 valence electrons. The number of methoxy groups -OCH3 is 4. The van der Waals surface area contributed by atoms with Crippen molar-refractivity contribution in [1.29, 1.82) is 0 Å². The predicted octanol–water partition coefficient (Wildman–Crippen LogP) is 3.38. The highest BCUT2D eigenvalue weighted by Gasteiger charge is 2.06. The van der Waals surface area contributed by atoms with E-state index in [1.165, 1.54) is 5.56 Å². The fraction of sp³-hybridized carbons (Fsp3) is 0.480. The first-order valence-corrected chi connectivity index (χ1v) is 11.0. The van der Waals surface area contributed by atoms with Crippen molar-refractivity contribution in [2.45, 2.75) is 32.1 Å². The number of amides is 1. The van der Waals surface area contributed by atoms with Crippen LogP contribution in [0.25, 0.3) is 0 Å². The van der Waals surface area contributed by atoms with Crippen molar-refractivity contribution in [3.8, 4) is 23.0 Å². The predicted molar refractivity (Wildman–Crippen MR) is 126 cm³/mol. The van der Waals surface area contributed by atoms with Gasteiger partial charge in [0, 0.05) is 13.0 Å². The van der Waals surface area contributed by atoms with E-state index >= 15 is 0 Å². The number of carbonyl (C=O) groups is 1. The smallest absolute Gasteiger partial charge is 0.220 e. The lowest BCUT2D eigenvalue weighted by Gasteiger charge is -2.10. The van der Waals surface area contributed by atoms with E-state index in [9.17, 15) is 4.79 Å². The van der Waals surface area contributed by atoms with E-state index in [2.05, 4.69) is 16.7 Å². The average Bonchev–Trinajstić information content (AvgIpc) is 2.83. The molecule has 0 saturated heterocycles. The van der Waals surface area contributed by atoms with E-state index in [1.54, 1.807) is 28.4 Å². The van der Waals surface area contributed by atoms with Gasteiger partial charge in [-0.2, -0.15) is 0 Å². The molecular weight excluding hydrogens is 408 g/mol. The number of unbranched alkanes of at least 4 members (excludes halogenated alkanes) is 1. The third-order valence-corrected chi connectivity index (χ3v) is 5.23. The number of carbonyl (C=O) groups excluding carboxylic acids is 1. The molecule has 0 atom stereocenters. The van der Waals surface area contributed by atoms with Gasteiger partial charge in [0.15, 0.2) is 23.0 Å². The first-order valence-electron chi connectivity index (χ1n) is 11.0. The molecule has 2 aromatic carbocycles. The Morgan fingerprint density at radius 3 is 1.75 bits per heavy atom. The van der Waals surface area contributed by atoms with Gasteiger partial charge in [-0.3, -0.25) is 4.79 Å². The second kappa shape index (κ2) is 14.2. The molecule has 0 aliphatic carbocycles. The molecule has 2 N–H and O–H groups in total. The van der Waals surface area contributed by atoms with Gasteiger partial charge in [0.05, 0.1) is 28.4 Å². The van der Waals surface area contributed by atoms with Crippen LogP contribution in [0.1, 0.15) is 30.4 Å². The summed E-state index contributed by atoms with van der Waals surface area (Å²) in [6, 6.07) is 11.8. The minimum absolute atomic E-state index is 0.0933. The Bertz CT molecular complexity index is 841. The first kappa shape index (κ1) is 25.3. The van der Waals surface area contributed by atoms with Crippen molar-refractivity contribution in [3.63, 3.8) is 0 Å². The second-order valence-corrected chi connectivity index (χ2v) is 7.44. The van der Waals surface area contributed by atoms with Gasteiger partial charge in [0.25, 0.3) is 0 Å². The zero-order valence-corrected chi connectivity index (χ0v) is 19.7. The molecule has 0 heterocycles. The largest absolute Gasteiger partial charge is 0.493 e.